The van der Waals surface area contributed by atoms with E-state index in [9.17, 15) is 24.6 Å². The number of hydrazine groups is 1. The van der Waals surface area contributed by atoms with E-state index in [4.69, 9.17) is 9.47 Å². The number of aromatic nitrogens is 2. The summed E-state index contributed by atoms with van der Waals surface area (Å²) in [5.41, 5.74) is 7.98. The lowest BCUT2D eigenvalue weighted by Crippen LogP contribution is -2.52. The second-order valence-electron chi connectivity index (χ2n) is 15.4. The van der Waals surface area contributed by atoms with Crippen molar-refractivity contribution in [2.24, 2.45) is 11.8 Å². The van der Waals surface area contributed by atoms with Crippen LogP contribution < -0.4 is 20.3 Å². The van der Waals surface area contributed by atoms with Gasteiger partial charge in [-0.05, 0) is 70.1 Å². The number of aliphatic hydroxyl groups is 2. The van der Waals surface area contributed by atoms with Crippen molar-refractivity contribution in [3.63, 3.8) is 0 Å². The zero-order valence-corrected chi connectivity index (χ0v) is 32.6. The van der Waals surface area contributed by atoms with Gasteiger partial charge in [-0.15, -0.1) is 5.10 Å². The molecule has 2 aliphatic rings. The van der Waals surface area contributed by atoms with Crippen LogP contribution in [0.15, 0.2) is 42.6 Å². The number of hydrogen-bond donors (Lipinski definition) is 4. The number of Topliss-reactive ketones (excluding diaryl/α,β-unsaturated/α-hetero) is 1. The van der Waals surface area contributed by atoms with Crippen molar-refractivity contribution in [1.82, 2.24) is 15.6 Å². The fraction of sp³-hybridized carbons (Fsp3) is 0.558. The maximum atomic E-state index is 13.4. The van der Waals surface area contributed by atoms with E-state index in [1.807, 2.05) is 51.1 Å². The smallest absolute Gasteiger partial charge is 0.311 e. The standard InChI is InChI=1S/C43H58N4O7/c1-6-7-11-17-31(48)21-22-35-34(36(49)25-37(35)50)19-12-9-8-10-13-20-38(51)53-39-27(2)28(3)40-32(29(39)4)23-24-43(5,54-40)42(52)47-46-41-33-18-15-14-16-30(33)26-44-45-41/h14-16,18,21-22,26,31,34-35,37,48,50H,6-13,17,19-20,23-25H2,1-5H3,(H,45,46)(H,47,52)/b22-21+/t31?,34-,35?,37?,43?/m1/s1. The fourth-order valence-electron chi connectivity index (χ4n) is 7.79. The van der Waals surface area contributed by atoms with Crippen molar-refractivity contribution < 1.29 is 34.1 Å². The third-order valence-corrected chi connectivity index (χ3v) is 11.3. The van der Waals surface area contributed by atoms with Gasteiger partial charge in [0.05, 0.1) is 18.4 Å². The Morgan fingerprint density at radius 3 is 2.61 bits per heavy atom. The van der Waals surface area contributed by atoms with Crippen LogP contribution in [0.4, 0.5) is 5.82 Å². The molecule has 5 atom stereocenters. The molecule has 54 heavy (non-hydrogen) atoms. The first-order chi connectivity index (χ1) is 25.9. The fourth-order valence-corrected chi connectivity index (χ4v) is 7.79. The number of amides is 1. The summed E-state index contributed by atoms with van der Waals surface area (Å²) in [4.78, 5) is 39.1. The first-order valence-corrected chi connectivity index (χ1v) is 19.8. The lowest BCUT2D eigenvalue weighted by atomic mass is 9.86. The van der Waals surface area contributed by atoms with Crippen molar-refractivity contribution in [1.29, 1.82) is 0 Å². The Kier molecular flexibility index (Phi) is 14.2. The zero-order valence-electron chi connectivity index (χ0n) is 32.6. The van der Waals surface area contributed by atoms with Gasteiger partial charge in [-0.2, -0.15) is 5.10 Å². The van der Waals surface area contributed by atoms with Crippen LogP contribution in [0.5, 0.6) is 11.5 Å². The second kappa shape index (κ2) is 18.8. The summed E-state index contributed by atoms with van der Waals surface area (Å²) >= 11 is 0. The van der Waals surface area contributed by atoms with Gasteiger partial charge in [0, 0.05) is 47.4 Å². The number of carbonyl (C=O) groups excluding carboxylic acids is 3. The predicted octanol–water partition coefficient (Wildman–Crippen LogP) is 7.48. The molecular formula is C43H58N4O7. The van der Waals surface area contributed by atoms with Gasteiger partial charge in [0.2, 0.25) is 0 Å². The van der Waals surface area contributed by atoms with Gasteiger partial charge in [-0.25, -0.2) is 0 Å². The highest BCUT2D eigenvalue weighted by atomic mass is 16.5. The molecule has 5 rings (SSSR count). The summed E-state index contributed by atoms with van der Waals surface area (Å²) in [6.45, 7) is 9.67. The number of fused-ring (bicyclic) bond motifs is 2. The lowest BCUT2D eigenvalue weighted by Gasteiger charge is -2.36. The number of hydrogen-bond acceptors (Lipinski definition) is 10. The topological polar surface area (TPSA) is 160 Å². The molecule has 0 bridgehead atoms. The summed E-state index contributed by atoms with van der Waals surface area (Å²) in [5.74, 6) is 0.717. The molecule has 0 radical (unpaired) electrons. The number of ketones is 1. The first kappa shape index (κ1) is 40.8. The summed E-state index contributed by atoms with van der Waals surface area (Å²) < 4.78 is 12.4. The summed E-state index contributed by atoms with van der Waals surface area (Å²) in [6, 6.07) is 7.65. The van der Waals surface area contributed by atoms with Gasteiger partial charge in [0.1, 0.15) is 17.3 Å². The molecule has 292 valence electrons. The van der Waals surface area contributed by atoms with E-state index in [2.05, 4.69) is 28.0 Å². The van der Waals surface area contributed by atoms with Gasteiger partial charge in [0.25, 0.3) is 5.91 Å². The minimum Gasteiger partial charge on any atom is -0.477 e. The van der Waals surface area contributed by atoms with E-state index in [0.29, 0.717) is 49.4 Å². The molecule has 1 saturated carbocycles. The van der Waals surface area contributed by atoms with Crippen LogP contribution >= 0.6 is 0 Å². The largest absolute Gasteiger partial charge is 0.477 e. The molecule has 0 saturated heterocycles. The average molecular weight is 743 g/mol. The Bertz CT molecular complexity index is 1820. The van der Waals surface area contributed by atoms with Crippen molar-refractivity contribution >= 4 is 34.3 Å². The van der Waals surface area contributed by atoms with E-state index in [1.165, 1.54) is 0 Å². The van der Waals surface area contributed by atoms with Crippen molar-refractivity contribution in [3.8, 4) is 11.5 Å². The Balaban J connectivity index is 1.07. The molecule has 1 fully saturated rings. The molecule has 2 aromatic carbocycles. The van der Waals surface area contributed by atoms with Crippen molar-refractivity contribution in [2.45, 2.75) is 142 Å². The van der Waals surface area contributed by atoms with E-state index < -0.39 is 17.8 Å². The molecule has 1 aromatic heterocycles. The molecule has 1 amide bonds. The maximum absolute atomic E-state index is 13.4. The van der Waals surface area contributed by atoms with Gasteiger partial charge >= 0.3 is 5.97 Å². The number of nitrogens with one attached hydrogen (secondary N) is 2. The van der Waals surface area contributed by atoms with Crippen LogP contribution in [0, 0.1) is 32.6 Å². The van der Waals surface area contributed by atoms with Crippen LogP contribution in [0.2, 0.25) is 0 Å². The van der Waals surface area contributed by atoms with E-state index in [-0.39, 0.29) is 35.9 Å². The van der Waals surface area contributed by atoms with Crippen LogP contribution in [-0.4, -0.2) is 55.9 Å². The molecule has 11 nitrogen and oxygen atoms in total. The molecule has 3 aromatic rings. The number of unbranched alkanes of at least 4 members (excludes halogenated alkanes) is 6. The lowest BCUT2D eigenvalue weighted by molar-refractivity contribution is -0.136. The molecule has 11 heteroatoms. The zero-order chi connectivity index (χ0) is 38.8. The Morgan fingerprint density at radius 2 is 1.81 bits per heavy atom. The van der Waals surface area contributed by atoms with Gasteiger partial charge in [-0.1, -0.05) is 88.3 Å². The average Bonchev–Trinajstić information content (AvgIpc) is 3.43. The Labute approximate surface area is 319 Å². The van der Waals surface area contributed by atoms with Crippen molar-refractivity contribution in [2.75, 3.05) is 5.43 Å². The third-order valence-electron chi connectivity index (χ3n) is 11.3. The van der Waals surface area contributed by atoms with E-state index in [1.54, 1.807) is 19.2 Å². The number of ether oxygens (including phenoxy) is 2. The minimum atomic E-state index is -1.14. The molecule has 0 spiro atoms. The quantitative estimate of drug-likeness (QED) is 0.0338. The third kappa shape index (κ3) is 9.84. The van der Waals surface area contributed by atoms with Gasteiger partial charge < -0.3 is 19.7 Å². The van der Waals surface area contributed by atoms with E-state index in [0.717, 1.165) is 84.4 Å². The molecular weight excluding hydrogens is 684 g/mol. The minimum absolute atomic E-state index is 0.107. The highest BCUT2D eigenvalue weighted by Crippen LogP contribution is 2.44. The summed E-state index contributed by atoms with van der Waals surface area (Å²) in [7, 11) is 0. The van der Waals surface area contributed by atoms with Crippen LogP contribution in [0.1, 0.15) is 120 Å². The van der Waals surface area contributed by atoms with Crippen molar-refractivity contribution in [3.05, 3.63) is 64.9 Å². The summed E-state index contributed by atoms with van der Waals surface area (Å²) in [5, 5.41) is 30.7. The van der Waals surface area contributed by atoms with Gasteiger partial charge in [0.15, 0.2) is 11.4 Å². The second-order valence-corrected chi connectivity index (χ2v) is 15.4. The number of carbonyl (C=O) groups is 3. The number of anilines is 1. The normalized spacial score (nSPS) is 21.5. The molecule has 4 unspecified atom stereocenters. The van der Waals surface area contributed by atoms with Crippen LogP contribution in [0.25, 0.3) is 10.8 Å². The molecule has 2 heterocycles. The molecule has 1 aliphatic heterocycles. The maximum Gasteiger partial charge on any atom is 0.311 e. The summed E-state index contributed by atoms with van der Waals surface area (Å²) in [6.07, 6.45) is 14.5. The van der Waals surface area contributed by atoms with Crippen LogP contribution in [0.3, 0.4) is 0 Å². The number of nitrogens with zero attached hydrogens (tertiary/aromatic N) is 2. The number of benzene rings is 2. The molecule has 4 N–H and O–H groups in total. The predicted molar refractivity (Wildman–Crippen MR) is 209 cm³/mol. The SMILES string of the molecule is CCCCCC(O)/C=C/C1C(O)CC(=O)[C@@H]1CCCCCCCC(=O)Oc1c(C)c(C)c2c(c1C)CCC(C)(C(=O)NNc1nncc3ccccc13)O2. The van der Waals surface area contributed by atoms with Crippen LogP contribution in [-0.2, 0) is 20.8 Å². The molecule has 1 aliphatic carbocycles. The number of rotatable bonds is 18. The highest BCUT2D eigenvalue weighted by molar-refractivity contribution is 5.93. The number of aliphatic hydroxyl groups excluding tert-OH is 2. The Hall–Kier alpha value is -4.35. The van der Waals surface area contributed by atoms with E-state index >= 15 is 0 Å². The van der Waals surface area contributed by atoms with Gasteiger partial charge in [-0.3, -0.25) is 25.2 Å². The first-order valence-electron chi connectivity index (χ1n) is 19.8. The number of esters is 1. The Morgan fingerprint density at radius 1 is 1.06 bits per heavy atom. The highest BCUT2D eigenvalue weighted by Gasteiger charge is 2.42. The monoisotopic (exact) mass is 742 g/mol.